The number of urea groups is 1. The lowest BCUT2D eigenvalue weighted by molar-refractivity contribution is -0.0591. The Morgan fingerprint density at radius 3 is 2.50 bits per heavy atom. The van der Waals surface area contributed by atoms with E-state index in [0.717, 1.165) is 58.0 Å². The number of nitrogens with one attached hydrogen (secondary N) is 2. The van der Waals surface area contributed by atoms with Gasteiger partial charge in [-0.25, -0.2) is 9.18 Å². The number of carbonyl (C=O) groups excluding carboxylic acids is 1. The number of nitrogens with zero attached hydrogens (tertiary/aromatic N) is 1. The van der Waals surface area contributed by atoms with Crippen LogP contribution in [0.2, 0.25) is 0 Å². The molecule has 2 amide bonds. The van der Waals surface area contributed by atoms with Crippen molar-refractivity contribution < 1.29 is 19.0 Å². The number of hydrogen-bond donors (Lipinski definition) is 3. The van der Waals surface area contributed by atoms with E-state index in [1.54, 1.807) is 13.2 Å². The number of anilines is 1. The van der Waals surface area contributed by atoms with Gasteiger partial charge in [-0.15, -0.1) is 0 Å². The fraction of sp³-hybridized carbons (Fsp3) is 0.552. The molecule has 1 aliphatic carbocycles. The summed E-state index contributed by atoms with van der Waals surface area (Å²) in [5.41, 5.74) is 0.867. The molecule has 0 aromatic heterocycles. The Balaban J connectivity index is 1.32. The number of amides is 2. The zero-order valence-corrected chi connectivity index (χ0v) is 21.3. The maximum Gasteiger partial charge on any atom is 0.319 e. The molecule has 2 aromatic carbocycles. The number of ether oxygens (including phenoxy) is 1. The van der Waals surface area contributed by atoms with Crippen LogP contribution in [0.25, 0.3) is 0 Å². The number of benzene rings is 2. The summed E-state index contributed by atoms with van der Waals surface area (Å²) in [6.45, 7) is 2.65. The van der Waals surface area contributed by atoms with E-state index in [2.05, 4.69) is 15.5 Å². The van der Waals surface area contributed by atoms with E-state index >= 15 is 0 Å². The van der Waals surface area contributed by atoms with Crippen molar-refractivity contribution in [1.82, 2.24) is 10.2 Å². The second-order valence-electron chi connectivity index (χ2n) is 10.5. The smallest absolute Gasteiger partial charge is 0.319 e. The minimum absolute atomic E-state index is 0.181. The highest BCUT2D eigenvalue weighted by atomic mass is 19.1. The SMILES string of the molecule is COc1cccc(NC(=O)NC[C@@](O)(CN2CCC(Cc3ccc(F)cc3)CC2)C2CCCCC2)c1. The second kappa shape index (κ2) is 12.5. The van der Waals surface area contributed by atoms with Crippen LogP contribution >= 0.6 is 0 Å². The molecule has 0 spiro atoms. The number of carbonyl (C=O) groups is 1. The summed E-state index contributed by atoms with van der Waals surface area (Å²) in [6, 6.07) is 13.7. The summed E-state index contributed by atoms with van der Waals surface area (Å²) in [4.78, 5) is 15.0. The van der Waals surface area contributed by atoms with Crippen molar-refractivity contribution in [3.63, 3.8) is 0 Å². The van der Waals surface area contributed by atoms with Gasteiger partial charge in [0, 0.05) is 24.8 Å². The molecule has 0 bridgehead atoms. The molecule has 196 valence electrons. The zero-order valence-electron chi connectivity index (χ0n) is 21.3. The monoisotopic (exact) mass is 497 g/mol. The van der Waals surface area contributed by atoms with Crippen LogP contribution in [0, 0.1) is 17.7 Å². The summed E-state index contributed by atoms with van der Waals surface area (Å²) in [5.74, 6) is 1.23. The molecule has 1 aliphatic heterocycles. The zero-order chi connectivity index (χ0) is 25.4. The molecular weight excluding hydrogens is 457 g/mol. The van der Waals surface area contributed by atoms with Gasteiger partial charge in [0.15, 0.2) is 0 Å². The summed E-state index contributed by atoms with van der Waals surface area (Å²) in [5, 5.41) is 17.7. The Morgan fingerprint density at radius 2 is 1.81 bits per heavy atom. The van der Waals surface area contributed by atoms with Gasteiger partial charge in [0.25, 0.3) is 0 Å². The largest absolute Gasteiger partial charge is 0.497 e. The molecule has 1 heterocycles. The number of halogens is 1. The van der Waals surface area contributed by atoms with Crippen LogP contribution in [0.15, 0.2) is 48.5 Å². The predicted octanol–water partition coefficient (Wildman–Crippen LogP) is 5.22. The average Bonchev–Trinajstić information content (AvgIpc) is 2.90. The number of rotatable bonds is 9. The molecule has 1 saturated heterocycles. The van der Waals surface area contributed by atoms with E-state index < -0.39 is 5.60 Å². The van der Waals surface area contributed by atoms with Crippen molar-refractivity contribution >= 4 is 11.7 Å². The molecule has 7 heteroatoms. The normalized spacial score (nSPS) is 19.4. The Bertz CT molecular complexity index is 972. The number of piperidine rings is 1. The minimum Gasteiger partial charge on any atom is -0.497 e. The van der Waals surface area contributed by atoms with Crippen molar-refractivity contribution in [2.75, 3.05) is 38.6 Å². The highest BCUT2D eigenvalue weighted by Gasteiger charge is 2.39. The van der Waals surface area contributed by atoms with Gasteiger partial charge < -0.3 is 25.4 Å². The van der Waals surface area contributed by atoms with Crippen molar-refractivity contribution in [3.05, 3.63) is 59.9 Å². The lowest BCUT2D eigenvalue weighted by Gasteiger charge is -2.43. The quantitative estimate of drug-likeness (QED) is 0.444. The van der Waals surface area contributed by atoms with Gasteiger partial charge in [0.1, 0.15) is 11.6 Å². The van der Waals surface area contributed by atoms with E-state index in [4.69, 9.17) is 4.74 Å². The fourth-order valence-corrected chi connectivity index (χ4v) is 5.77. The van der Waals surface area contributed by atoms with E-state index in [1.807, 2.05) is 30.3 Å². The highest BCUT2D eigenvalue weighted by molar-refractivity contribution is 5.89. The van der Waals surface area contributed by atoms with Gasteiger partial charge in [0.2, 0.25) is 0 Å². The first-order valence-corrected chi connectivity index (χ1v) is 13.3. The fourth-order valence-electron chi connectivity index (χ4n) is 5.77. The van der Waals surface area contributed by atoms with Gasteiger partial charge in [-0.1, -0.05) is 37.5 Å². The maximum absolute atomic E-state index is 13.2. The number of β-amino-alcohol motifs (C(OH)–C–C–N with tert-alkyl or cyclic N) is 1. The summed E-state index contributed by atoms with van der Waals surface area (Å²) in [6.07, 6.45) is 8.54. The third kappa shape index (κ3) is 7.43. The summed E-state index contributed by atoms with van der Waals surface area (Å²) in [7, 11) is 1.59. The predicted molar refractivity (Wildman–Crippen MR) is 141 cm³/mol. The minimum atomic E-state index is -0.962. The topological polar surface area (TPSA) is 73.8 Å². The third-order valence-corrected chi connectivity index (χ3v) is 7.89. The van der Waals surface area contributed by atoms with Crippen LogP contribution in [-0.4, -0.2) is 54.9 Å². The number of methoxy groups -OCH3 is 1. The van der Waals surface area contributed by atoms with Gasteiger partial charge in [-0.05, 0) is 86.9 Å². The van der Waals surface area contributed by atoms with Crippen LogP contribution in [0.3, 0.4) is 0 Å². The van der Waals surface area contributed by atoms with E-state index in [1.165, 1.54) is 24.1 Å². The van der Waals surface area contributed by atoms with Crippen molar-refractivity contribution in [3.8, 4) is 5.75 Å². The van der Waals surface area contributed by atoms with Gasteiger partial charge >= 0.3 is 6.03 Å². The van der Waals surface area contributed by atoms with E-state index in [0.29, 0.717) is 23.9 Å². The van der Waals surface area contributed by atoms with Gasteiger partial charge in [0.05, 0.1) is 12.7 Å². The molecule has 1 atom stereocenters. The van der Waals surface area contributed by atoms with E-state index in [9.17, 15) is 14.3 Å². The van der Waals surface area contributed by atoms with Crippen LogP contribution < -0.4 is 15.4 Å². The molecule has 6 nitrogen and oxygen atoms in total. The number of likely N-dealkylation sites (tertiary alicyclic amines) is 1. The molecule has 0 radical (unpaired) electrons. The van der Waals surface area contributed by atoms with Crippen molar-refractivity contribution in [2.24, 2.45) is 11.8 Å². The molecule has 1 saturated carbocycles. The molecule has 2 fully saturated rings. The van der Waals surface area contributed by atoms with Crippen molar-refractivity contribution in [1.29, 1.82) is 0 Å². The lowest BCUT2D eigenvalue weighted by atomic mass is 9.76. The molecule has 2 aliphatic rings. The van der Waals surface area contributed by atoms with Gasteiger partial charge in [-0.2, -0.15) is 0 Å². The number of hydrogen-bond acceptors (Lipinski definition) is 4. The van der Waals surface area contributed by atoms with Gasteiger partial charge in [-0.3, -0.25) is 0 Å². The molecule has 3 N–H and O–H groups in total. The first kappa shape index (κ1) is 26.4. The Kier molecular flexibility index (Phi) is 9.21. The van der Waals surface area contributed by atoms with Crippen LogP contribution in [0.4, 0.5) is 14.9 Å². The molecular formula is C29H40FN3O3. The molecule has 36 heavy (non-hydrogen) atoms. The first-order chi connectivity index (χ1) is 17.4. The third-order valence-electron chi connectivity index (χ3n) is 7.89. The summed E-state index contributed by atoms with van der Waals surface area (Å²) < 4.78 is 18.4. The number of aliphatic hydroxyl groups is 1. The first-order valence-electron chi connectivity index (χ1n) is 13.3. The Morgan fingerprint density at radius 1 is 1.08 bits per heavy atom. The van der Waals surface area contributed by atoms with Crippen molar-refractivity contribution in [2.45, 2.75) is 57.0 Å². The van der Waals surface area contributed by atoms with Crippen LogP contribution in [-0.2, 0) is 6.42 Å². The Labute approximate surface area is 214 Å². The maximum atomic E-state index is 13.2. The van der Waals surface area contributed by atoms with Crippen LogP contribution in [0.1, 0.15) is 50.5 Å². The highest BCUT2D eigenvalue weighted by Crippen LogP contribution is 2.34. The summed E-state index contributed by atoms with van der Waals surface area (Å²) >= 11 is 0. The molecule has 2 aromatic rings. The van der Waals surface area contributed by atoms with E-state index in [-0.39, 0.29) is 24.3 Å². The Hall–Kier alpha value is -2.64. The molecule has 0 unspecified atom stereocenters. The standard InChI is InChI=1S/C29H40FN3O3/c1-36-27-9-5-8-26(19-27)32-28(34)31-20-29(35,24-6-3-2-4-7-24)21-33-16-14-23(15-17-33)18-22-10-12-25(30)13-11-22/h5,8-13,19,23-24,35H,2-4,6-7,14-18,20-21H2,1H3,(H2,31,32,34)/t29-/m1/s1. The van der Waals surface area contributed by atoms with Crippen LogP contribution in [0.5, 0.6) is 5.75 Å². The molecule has 4 rings (SSSR count). The lowest BCUT2D eigenvalue weighted by Crippen LogP contribution is -2.57. The second-order valence-corrected chi connectivity index (χ2v) is 10.5. The average molecular weight is 498 g/mol.